The fourth-order valence-corrected chi connectivity index (χ4v) is 5.31. The Morgan fingerprint density at radius 2 is 1.97 bits per heavy atom. The first-order valence-electron chi connectivity index (χ1n) is 12.9. The lowest BCUT2D eigenvalue weighted by Crippen LogP contribution is -2.62. The molecule has 0 aliphatic carbocycles. The van der Waals surface area contributed by atoms with Crippen LogP contribution < -0.4 is 9.80 Å². The van der Waals surface area contributed by atoms with E-state index in [2.05, 4.69) is 45.9 Å². The van der Waals surface area contributed by atoms with Gasteiger partial charge >= 0.3 is 0 Å². The summed E-state index contributed by atoms with van der Waals surface area (Å²) in [4.78, 5) is 33.9. The first kappa shape index (κ1) is 25.0. The average Bonchev–Trinajstić information content (AvgIpc) is 3.23. The number of hydrogen-bond donors (Lipinski definition) is 0. The van der Waals surface area contributed by atoms with E-state index in [1.54, 1.807) is 24.7 Å². The smallest absolute Gasteiger partial charge is 0.254 e. The van der Waals surface area contributed by atoms with Gasteiger partial charge in [-0.3, -0.25) is 9.36 Å². The molecule has 2 saturated heterocycles. The van der Waals surface area contributed by atoms with E-state index in [-0.39, 0.29) is 18.0 Å². The number of nitriles is 1. The summed E-state index contributed by atoms with van der Waals surface area (Å²) in [6.07, 6.45) is 6.44. The van der Waals surface area contributed by atoms with Gasteiger partial charge in [0, 0.05) is 57.3 Å². The fourth-order valence-electron chi connectivity index (χ4n) is 5.31. The molecule has 194 valence electrons. The summed E-state index contributed by atoms with van der Waals surface area (Å²) in [5.41, 5.74) is 1.51. The molecule has 0 aromatic carbocycles. The van der Waals surface area contributed by atoms with Crippen LogP contribution in [0.4, 0.5) is 11.5 Å². The van der Waals surface area contributed by atoms with Crippen LogP contribution in [0.15, 0.2) is 30.9 Å². The van der Waals surface area contributed by atoms with Gasteiger partial charge in [-0.05, 0) is 53.2 Å². The van der Waals surface area contributed by atoms with E-state index in [4.69, 9.17) is 9.72 Å². The van der Waals surface area contributed by atoms with Crippen LogP contribution in [0, 0.1) is 11.3 Å². The lowest BCUT2D eigenvalue weighted by molar-refractivity contribution is -0.156. The van der Waals surface area contributed by atoms with Crippen molar-refractivity contribution in [3.8, 4) is 11.9 Å². The minimum Gasteiger partial charge on any atom is -0.369 e. The van der Waals surface area contributed by atoms with Crippen LogP contribution >= 0.6 is 0 Å². The Kier molecular flexibility index (Phi) is 6.50. The molecule has 3 aromatic rings. The van der Waals surface area contributed by atoms with Crippen molar-refractivity contribution in [2.24, 2.45) is 0 Å². The summed E-state index contributed by atoms with van der Waals surface area (Å²) < 4.78 is 7.71. The molecule has 3 aromatic heterocycles. The van der Waals surface area contributed by atoms with E-state index in [1.165, 1.54) is 0 Å². The van der Waals surface area contributed by atoms with Crippen molar-refractivity contribution in [3.05, 3.63) is 36.4 Å². The van der Waals surface area contributed by atoms with Crippen LogP contribution in [-0.2, 0) is 9.53 Å². The molecule has 10 heteroatoms. The van der Waals surface area contributed by atoms with Crippen LogP contribution in [-0.4, -0.2) is 80.8 Å². The summed E-state index contributed by atoms with van der Waals surface area (Å²) in [7, 11) is 0. The molecule has 0 bridgehead atoms. The van der Waals surface area contributed by atoms with Gasteiger partial charge in [-0.2, -0.15) is 5.26 Å². The third-order valence-electron chi connectivity index (χ3n) is 7.40. The van der Waals surface area contributed by atoms with Gasteiger partial charge in [0.2, 0.25) is 0 Å². The summed E-state index contributed by atoms with van der Waals surface area (Å²) in [6.45, 7) is 13.5. The second-order valence-corrected chi connectivity index (χ2v) is 10.4. The molecular weight excluding hydrogens is 468 g/mol. The topological polar surface area (TPSA) is 103 Å². The number of carbonyl (C=O) groups excluding carboxylic acids is 1. The highest BCUT2D eigenvalue weighted by Crippen LogP contribution is 2.39. The van der Waals surface area contributed by atoms with Crippen molar-refractivity contribution in [1.82, 2.24) is 24.4 Å². The number of carbonyl (C=O) groups is 1. The molecular formula is C27H34N8O2. The fraction of sp³-hybridized carbons (Fsp3) is 0.519. The molecule has 2 atom stereocenters. The van der Waals surface area contributed by atoms with Gasteiger partial charge in [-0.25, -0.2) is 15.0 Å². The molecule has 37 heavy (non-hydrogen) atoms. The number of piperazine rings is 1. The highest BCUT2D eigenvalue weighted by molar-refractivity contribution is 6.01. The summed E-state index contributed by atoms with van der Waals surface area (Å²) >= 11 is 0. The number of amides is 1. The minimum absolute atomic E-state index is 0.0112. The minimum atomic E-state index is -0.861. The Balaban J connectivity index is 1.55. The maximum absolute atomic E-state index is 13.3. The molecule has 2 aliphatic rings. The highest BCUT2D eigenvalue weighted by Gasteiger charge is 2.40. The highest BCUT2D eigenvalue weighted by atomic mass is 16.5. The van der Waals surface area contributed by atoms with Crippen LogP contribution in [0.5, 0.6) is 0 Å². The third kappa shape index (κ3) is 4.37. The Labute approximate surface area is 217 Å². The lowest BCUT2D eigenvalue weighted by atomic mass is 10.0. The lowest BCUT2D eigenvalue weighted by Gasteiger charge is -2.47. The van der Waals surface area contributed by atoms with Gasteiger partial charge < -0.3 is 19.4 Å². The van der Waals surface area contributed by atoms with Gasteiger partial charge in [-0.15, -0.1) is 0 Å². The number of aromatic nitrogens is 4. The Morgan fingerprint density at radius 3 is 2.65 bits per heavy atom. The molecule has 1 amide bonds. The Bertz CT molecular complexity index is 1360. The van der Waals surface area contributed by atoms with Gasteiger partial charge in [0.25, 0.3) is 5.91 Å². The van der Waals surface area contributed by atoms with Crippen molar-refractivity contribution in [3.63, 3.8) is 0 Å². The average molecular weight is 503 g/mol. The molecule has 5 rings (SSSR count). The number of anilines is 2. The van der Waals surface area contributed by atoms with Crippen molar-refractivity contribution in [2.45, 2.75) is 58.7 Å². The van der Waals surface area contributed by atoms with Crippen molar-refractivity contribution < 1.29 is 9.53 Å². The predicted molar refractivity (Wildman–Crippen MR) is 142 cm³/mol. The number of nitrogens with zero attached hydrogens (tertiary/aromatic N) is 8. The first-order chi connectivity index (χ1) is 17.7. The summed E-state index contributed by atoms with van der Waals surface area (Å²) in [5, 5.41) is 10.4. The summed E-state index contributed by atoms with van der Waals surface area (Å²) in [6, 6.07) is 5.70. The van der Waals surface area contributed by atoms with Gasteiger partial charge in [-0.1, -0.05) is 0 Å². The number of fused-ring (bicyclic) bond motifs is 1. The predicted octanol–water partition coefficient (Wildman–Crippen LogP) is 3.14. The van der Waals surface area contributed by atoms with Crippen LogP contribution in [0.25, 0.3) is 16.9 Å². The van der Waals surface area contributed by atoms with E-state index >= 15 is 0 Å². The molecule has 0 saturated carbocycles. The van der Waals surface area contributed by atoms with E-state index in [9.17, 15) is 10.1 Å². The normalized spacial score (nSPS) is 20.2. The Morgan fingerprint density at radius 1 is 1.19 bits per heavy atom. The number of hydrogen-bond acceptors (Lipinski definition) is 8. The zero-order valence-corrected chi connectivity index (χ0v) is 22.2. The van der Waals surface area contributed by atoms with E-state index in [0.717, 1.165) is 42.0 Å². The number of ether oxygens (including phenoxy) is 1. The van der Waals surface area contributed by atoms with E-state index in [0.29, 0.717) is 31.1 Å². The first-order valence-corrected chi connectivity index (χ1v) is 12.9. The zero-order valence-electron chi connectivity index (χ0n) is 22.2. The van der Waals surface area contributed by atoms with Crippen LogP contribution in [0.3, 0.4) is 0 Å². The number of pyridine rings is 1. The molecule has 0 unspecified atom stereocenters. The molecule has 10 nitrogen and oxygen atoms in total. The standard InChI is InChI=1S/C27H34N8O2/c1-6-37-27(4,5)26(36)34-15-18(2)33(14-19(34)3)24-23-21(32-10-7-11-32)16-35(25(23)31-17-30-24)22-12-20(13-28)8-9-29-22/h8-9,12,16-19H,6-7,10-11,14-15H2,1-5H3/t18-,19+/m0/s1. The quantitative estimate of drug-likeness (QED) is 0.507. The van der Waals surface area contributed by atoms with Crippen molar-refractivity contribution in [1.29, 1.82) is 5.26 Å². The van der Waals surface area contributed by atoms with E-state index in [1.807, 2.05) is 30.2 Å². The Hall–Kier alpha value is -3.71. The van der Waals surface area contributed by atoms with Gasteiger partial charge in [0.05, 0.1) is 22.7 Å². The SMILES string of the molecule is CCOC(C)(C)C(=O)N1C[C@H](C)N(c2ncnc3c2c(N2CCC2)cn3-c2cc(C#N)ccn2)C[C@H]1C. The van der Waals surface area contributed by atoms with Crippen LogP contribution in [0.1, 0.15) is 46.6 Å². The molecule has 2 aliphatic heterocycles. The maximum atomic E-state index is 13.3. The molecule has 0 radical (unpaired) electrons. The largest absolute Gasteiger partial charge is 0.369 e. The molecule has 0 spiro atoms. The molecule has 2 fully saturated rings. The van der Waals surface area contributed by atoms with E-state index < -0.39 is 5.60 Å². The number of rotatable bonds is 6. The third-order valence-corrected chi connectivity index (χ3v) is 7.40. The summed E-state index contributed by atoms with van der Waals surface area (Å²) in [5.74, 6) is 1.52. The van der Waals surface area contributed by atoms with Gasteiger partial charge in [0.1, 0.15) is 23.6 Å². The molecule has 5 heterocycles. The molecule has 0 N–H and O–H groups in total. The second kappa shape index (κ2) is 9.63. The van der Waals surface area contributed by atoms with Crippen LogP contribution in [0.2, 0.25) is 0 Å². The monoisotopic (exact) mass is 502 g/mol. The zero-order chi connectivity index (χ0) is 26.3. The maximum Gasteiger partial charge on any atom is 0.254 e. The van der Waals surface area contributed by atoms with Crippen molar-refractivity contribution >= 4 is 28.4 Å². The second-order valence-electron chi connectivity index (χ2n) is 10.4. The van der Waals surface area contributed by atoms with Crippen molar-refractivity contribution in [2.75, 3.05) is 42.6 Å². The van der Waals surface area contributed by atoms with Gasteiger partial charge in [0.15, 0.2) is 5.65 Å².